The van der Waals surface area contributed by atoms with E-state index in [4.69, 9.17) is 4.74 Å². The third-order valence-corrected chi connectivity index (χ3v) is 5.14. The van der Waals surface area contributed by atoms with Crippen LogP contribution in [0.5, 0.6) is 0 Å². The van der Waals surface area contributed by atoms with Crippen molar-refractivity contribution in [1.82, 2.24) is 0 Å². The highest BCUT2D eigenvalue weighted by atomic mass is 16.5. The van der Waals surface area contributed by atoms with Crippen LogP contribution in [0.1, 0.15) is 24.5 Å². The van der Waals surface area contributed by atoms with Crippen molar-refractivity contribution < 1.29 is 23.9 Å². The summed E-state index contributed by atoms with van der Waals surface area (Å²) in [6, 6.07) is 12.3. The maximum Gasteiger partial charge on any atom is 0.311 e. The molecule has 0 radical (unpaired) electrons. The minimum Gasteiger partial charge on any atom is -0.455 e. The second-order valence-corrected chi connectivity index (χ2v) is 7.54. The van der Waals surface area contributed by atoms with Gasteiger partial charge < -0.3 is 20.3 Å². The van der Waals surface area contributed by atoms with E-state index in [-0.39, 0.29) is 24.8 Å². The molecule has 1 aliphatic rings. The van der Waals surface area contributed by atoms with Crippen LogP contribution in [0.4, 0.5) is 17.1 Å². The molecule has 31 heavy (non-hydrogen) atoms. The summed E-state index contributed by atoms with van der Waals surface area (Å²) in [5.41, 5.74) is 3.85. The number of aryl methyl sites for hydroxylation is 1. The fourth-order valence-corrected chi connectivity index (χ4v) is 3.46. The molecule has 0 aromatic heterocycles. The van der Waals surface area contributed by atoms with Crippen LogP contribution in [-0.4, -0.2) is 36.8 Å². The molecule has 0 spiro atoms. The molecule has 0 unspecified atom stereocenters. The quantitative estimate of drug-likeness (QED) is 0.695. The zero-order valence-electron chi connectivity index (χ0n) is 17.7. The molecule has 1 atom stereocenters. The predicted molar refractivity (Wildman–Crippen MR) is 117 cm³/mol. The molecule has 162 valence electrons. The monoisotopic (exact) mass is 423 g/mol. The Hall–Kier alpha value is -3.68. The zero-order chi connectivity index (χ0) is 22.5. The van der Waals surface area contributed by atoms with Gasteiger partial charge in [0.2, 0.25) is 11.8 Å². The second-order valence-electron chi connectivity index (χ2n) is 7.54. The summed E-state index contributed by atoms with van der Waals surface area (Å²) in [5.74, 6) is -2.08. The average Bonchev–Trinajstić information content (AvgIpc) is 3.09. The number of rotatable bonds is 6. The Morgan fingerprint density at radius 2 is 1.74 bits per heavy atom. The number of nitrogens with one attached hydrogen (secondary N) is 2. The van der Waals surface area contributed by atoms with Crippen LogP contribution in [-0.2, 0) is 23.9 Å². The molecular weight excluding hydrogens is 398 g/mol. The minimum atomic E-state index is -0.622. The molecule has 1 aliphatic heterocycles. The number of anilines is 3. The molecule has 8 heteroatoms. The molecule has 3 amide bonds. The van der Waals surface area contributed by atoms with Crippen LogP contribution in [0.25, 0.3) is 0 Å². The standard InChI is InChI=1S/C23H25N3O5/c1-14-6-4-9-20(15(14)2)26-12-17(10-22(26)29)23(30)31-13-21(28)25-19-8-5-7-18(11-19)24-16(3)27/h4-9,11,17H,10,12-13H2,1-3H3,(H,24,27)(H,25,28)/t17-/m1/s1. The number of esters is 1. The molecule has 0 saturated carbocycles. The molecule has 1 fully saturated rings. The first kappa shape index (κ1) is 22.0. The van der Waals surface area contributed by atoms with Crippen molar-refractivity contribution in [2.45, 2.75) is 27.2 Å². The maximum absolute atomic E-state index is 12.4. The van der Waals surface area contributed by atoms with Gasteiger partial charge in [0.15, 0.2) is 6.61 Å². The van der Waals surface area contributed by atoms with E-state index in [1.165, 1.54) is 6.92 Å². The first-order valence-electron chi connectivity index (χ1n) is 9.95. The summed E-state index contributed by atoms with van der Waals surface area (Å²) < 4.78 is 5.14. The normalized spacial score (nSPS) is 15.5. The summed E-state index contributed by atoms with van der Waals surface area (Å²) in [7, 11) is 0. The van der Waals surface area contributed by atoms with Crippen molar-refractivity contribution >= 4 is 40.8 Å². The van der Waals surface area contributed by atoms with Gasteiger partial charge >= 0.3 is 5.97 Å². The highest BCUT2D eigenvalue weighted by molar-refractivity contribution is 6.00. The number of hydrogen-bond donors (Lipinski definition) is 2. The second kappa shape index (κ2) is 9.42. The molecule has 3 rings (SSSR count). The summed E-state index contributed by atoms with van der Waals surface area (Å²) in [5, 5.41) is 5.24. The van der Waals surface area contributed by atoms with Gasteiger partial charge in [0.05, 0.1) is 5.92 Å². The maximum atomic E-state index is 12.4. The summed E-state index contributed by atoms with van der Waals surface area (Å²) in [6.07, 6.45) is 0.0482. The van der Waals surface area contributed by atoms with Crippen LogP contribution in [0.2, 0.25) is 0 Å². The van der Waals surface area contributed by atoms with Crippen molar-refractivity contribution in [1.29, 1.82) is 0 Å². The summed E-state index contributed by atoms with van der Waals surface area (Å²) in [6.45, 7) is 5.06. The predicted octanol–water partition coefficient (Wildman–Crippen LogP) is 2.80. The fourth-order valence-electron chi connectivity index (χ4n) is 3.46. The van der Waals surface area contributed by atoms with Crippen molar-refractivity contribution in [3.8, 4) is 0 Å². The van der Waals surface area contributed by atoms with Crippen molar-refractivity contribution in [3.63, 3.8) is 0 Å². The summed E-state index contributed by atoms with van der Waals surface area (Å²) in [4.78, 5) is 49.8. The lowest BCUT2D eigenvalue weighted by Gasteiger charge is -2.20. The molecule has 2 aromatic rings. The number of hydrogen-bond acceptors (Lipinski definition) is 5. The first-order chi connectivity index (χ1) is 14.7. The molecule has 2 aromatic carbocycles. The lowest BCUT2D eigenvalue weighted by Crippen LogP contribution is -2.28. The third-order valence-electron chi connectivity index (χ3n) is 5.14. The zero-order valence-corrected chi connectivity index (χ0v) is 17.7. The number of benzene rings is 2. The highest BCUT2D eigenvalue weighted by Crippen LogP contribution is 2.29. The topological polar surface area (TPSA) is 105 Å². The van der Waals surface area contributed by atoms with Gasteiger partial charge in [-0.15, -0.1) is 0 Å². The first-order valence-corrected chi connectivity index (χ1v) is 9.95. The van der Waals surface area contributed by atoms with Gasteiger partial charge in [0.25, 0.3) is 5.91 Å². The smallest absolute Gasteiger partial charge is 0.311 e. The van der Waals surface area contributed by atoms with Gasteiger partial charge in [-0.2, -0.15) is 0 Å². The summed E-state index contributed by atoms with van der Waals surface area (Å²) >= 11 is 0. The Morgan fingerprint density at radius 3 is 2.45 bits per heavy atom. The van der Waals surface area contributed by atoms with Gasteiger partial charge in [0.1, 0.15) is 0 Å². The van der Waals surface area contributed by atoms with E-state index in [0.29, 0.717) is 11.4 Å². The van der Waals surface area contributed by atoms with E-state index in [1.807, 2.05) is 32.0 Å². The number of nitrogens with zero attached hydrogens (tertiary/aromatic N) is 1. The van der Waals surface area contributed by atoms with Gasteiger partial charge in [-0.3, -0.25) is 19.2 Å². The van der Waals surface area contributed by atoms with Gasteiger partial charge in [-0.25, -0.2) is 0 Å². The molecule has 1 saturated heterocycles. The Bertz CT molecular complexity index is 1030. The molecule has 2 N–H and O–H groups in total. The largest absolute Gasteiger partial charge is 0.455 e. The van der Waals surface area contributed by atoms with Crippen molar-refractivity contribution in [3.05, 3.63) is 53.6 Å². The number of amides is 3. The van der Waals surface area contributed by atoms with E-state index in [1.54, 1.807) is 29.2 Å². The van der Waals surface area contributed by atoms with Crippen LogP contribution in [0, 0.1) is 19.8 Å². The van der Waals surface area contributed by atoms with E-state index in [2.05, 4.69) is 10.6 Å². The average molecular weight is 423 g/mol. The lowest BCUT2D eigenvalue weighted by atomic mass is 10.1. The fraction of sp³-hybridized carbons (Fsp3) is 0.304. The van der Waals surface area contributed by atoms with Crippen LogP contribution in [0.15, 0.2) is 42.5 Å². The van der Waals surface area contributed by atoms with E-state index in [9.17, 15) is 19.2 Å². The Kier molecular flexibility index (Phi) is 6.69. The Labute approximate surface area is 180 Å². The van der Waals surface area contributed by atoms with Crippen LogP contribution >= 0.6 is 0 Å². The number of carbonyl (C=O) groups excluding carboxylic acids is 4. The number of carbonyl (C=O) groups is 4. The molecule has 0 bridgehead atoms. The Balaban J connectivity index is 1.54. The van der Waals surface area contributed by atoms with Gasteiger partial charge in [0, 0.05) is 37.0 Å². The molecular formula is C23H25N3O5. The molecule has 8 nitrogen and oxygen atoms in total. The van der Waals surface area contributed by atoms with Gasteiger partial charge in [-0.1, -0.05) is 18.2 Å². The SMILES string of the molecule is CC(=O)Nc1cccc(NC(=O)COC(=O)[C@@H]2CC(=O)N(c3cccc(C)c3C)C2)c1. The van der Waals surface area contributed by atoms with Crippen LogP contribution < -0.4 is 15.5 Å². The lowest BCUT2D eigenvalue weighted by molar-refractivity contribution is -0.151. The molecule has 1 heterocycles. The van der Waals surface area contributed by atoms with Crippen molar-refractivity contribution in [2.75, 3.05) is 28.7 Å². The van der Waals surface area contributed by atoms with Crippen molar-refractivity contribution in [2.24, 2.45) is 5.92 Å². The highest BCUT2D eigenvalue weighted by Gasteiger charge is 2.37. The third kappa shape index (κ3) is 5.48. The molecule has 0 aliphatic carbocycles. The van der Waals surface area contributed by atoms with E-state index >= 15 is 0 Å². The minimum absolute atomic E-state index is 0.0482. The number of ether oxygens (including phenoxy) is 1. The van der Waals surface area contributed by atoms with Gasteiger partial charge in [-0.05, 0) is 49.2 Å². The van der Waals surface area contributed by atoms with E-state index in [0.717, 1.165) is 16.8 Å². The Morgan fingerprint density at radius 1 is 1.06 bits per heavy atom. The van der Waals surface area contributed by atoms with Crippen LogP contribution in [0.3, 0.4) is 0 Å². The van der Waals surface area contributed by atoms with E-state index < -0.39 is 24.4 Å².